The molecule has 0 saturated heterocycles. The highest BCUT2D eigenvalue weighted by molar-refractivity contribution is 7.19. The third-order valence-corrected chi connectivity index (χ3v) is 7.24. The molecule has 1 fully saturated rings. The normalized spacial score (nSPS) is 14.0. The largest absolute Gasteiger partial charge is 0.490 e. The van der Waals surface area contributed by atoms with E-state index in [1.165, 1.54) is 39.2 Å². The maximum Gasteiger partial charge on any atom is 0.331 e. The van der Waals surface area contributed by atoms with Crippen LogP contribution in [0.4, 0.5) is 0 Å². The molecule has 5 rings (SSSR count). The lowest BCUT2D eigenvalue weighted by atomic mass is 9.95. The number of benzene rings is 1. The minimum atomic E-state index is -0.343. The van der Waals surface area contributed by atoms with Crippen LogP contribution in [0, 0.1) is 6.92 Å². The second kappa shape index (κ2) is 8.22. The smallest absolute Gasteiger partial charge is 0.331 e. The fraction of sp³-hybridized carbons (Fsp3) is 0.292. The molecule has 32 heavy (non-hydrogen) atoms. The van der Waals surface area contributed by atoms with Crippen LogP contribution >= 0.6 is 22.9 Å². The summed E-state index contributed by atoms with van der Waals surface area (Å²) in [7, 11) is 1.63. The van der Waals surface area contributed by atoms with Crippen molar-refractivity contribution < 1.29 is 4.74 Å². The van der Waals surface area contributed by atoms with E-state index in [2.05, 4.69) is 4.98 Å². The van der Waals surface area contributed by atoms with Gasteiger partial charge in [0.2, 0.25) is 0 Å². The van der Waals surface area contributed by atoms with Crippen molar-refractivity contribution in [1.29, 1.82) is 0 Å². The van der Waals surface area contributed by atoms with Gasteiger partial charge < -0.3 is 9.30 Å². The predicted octanol–water partition coefficient (Wildman–Crippen LogP) is 4.77. The Hall–Kier alpha value is -2.90. The van der Waals surface area contributed by atoms with Crippen molar-refractivity contribution in [1.82, 2.24) is 14.1 Å². The summed E-state index contributed by atoms with van der Waals surface area (Å²) < 4.78 is 9.96. The SMILES string of the molecule is Cc1cc(Cl)cc(-c2ccnc3cc(Cn4c(=O)ccn(C)c4=O)sc23)c1OC1CCC1. The molecule has 0 aliphatic heterocycles. The van der Waals surface area contributed by atoms with Crippen LogP contribution in [0.5, 0.6) is 5.75 Å². The Bertz CT molecular complexity index is 1450. The number of hydrogen-bond donors (Lipinski definition) is 0. The number of rotatable bonds is 5. The van der Waals surface area contributed by atoms with Crippen LogP contribution in [0.3, 0.4) is 0 Å². The monoisotopic (exact) mass is 467 g/mol. The van der Waals surface area contributed by atoms with Gasteiger partial charge in [-0.1, -0.05) is 11.6 Å². The van der Waals surface area contributed by atoms with Crippen LogP contribution in [0.1, 0.15) is 29.7 Å². The van der Waals surface area contributed by atoms with Crippen LogP contribution in [0.25, 0.3) is 21.3 Å². The first-order valence-corrected chi connectivity index (χ1v) is 11.7. The van der Waals surface area contributed by atoms with Gasteiger partial charge in [0, 0.05) is 46.5 Å². The lowest BCUT2D eigenvalue weighted by Crippen LogP contribution is -2.37. The van der Waals surface area contributed by atoms with E-state index in [1.807, 2.05) is 31.2 Å². The molecule has 3 aromatic heterocycles. The second-order valence-corrected chi connectivity index (χ2v) is 9.76. The zero-order valence-electron chi connectivity index (χ0n) is 17.8. The molecule has 0 radical (unpaired) electrons. The lowest BCUT2D eigenvalue weighted by molar-refractivity contribution is 0.120. The fourth-order valence-electron chi connectivity index (χ4n) is 3.93. The maximum atomic E-state index is 12.4. The Balaban J connectivity index is 1.62. The first kappa shape index (κ1) is 21.0. The number of aromatic nitrogens is 3. The molecule has 3 heterocycles. The zero-order valence-corrected chi connectivity index (χ0v) is 19.4. The average molecular weight is 468 g/mol. The first-order chi connectivity index (χ1) is 15.4. The Labute approximate surface area is 193 Å². The third-order valence-electron chi connectivity index (χ3n) is 5.88. The fourth-order valence-corrected chi connectivity index (χ4v) is 5.34. The number of aryl methyl sites for hydroxylation is 2. The summed E-state index contributed by atoms with van der Waals surface area (Å²) in [6, 6.07) is 9.17. The summed E-state index contributed by atoms with van der Waals surface area (Å²) in [5.41, 5.74) is 3.08. The van der Waals surface area contributed by atoms with E-state index in [1.54, 1.807) is 13.2 Å². The van der Waals surface area contributed by atoms with Gasteiger partial charge in [0.15, 0.2) is 0 Å². The summed E-state index contributed by atoms with van der Waals surface area (Å²) in [5.74, 6) is 0.856. The lowest BCUT2D eigenvalue weighted by Gasteiger charge is -2.28. The summed E-state index contributed by atoms with van der Waals surface area (Å²) >= 11 is 7.95. The number of pyridine rings is 1. The Morgan fingerprint density at radius 2 is 2.00 bits per heavy atom. The van der Waals surface area contributed by atoms with E-state index in [-0.39, 0.29) is 23.9 Å². The molecule has 8 heteroatoms. The quantitative estimate of drug-likeness (QED) is 0.424. The number of halogens is 1. The molecule has 0 amide bonds. The maximum absolute atomic E-state index is 12.4. The third kappa shape index (κ3) is 3.76. The van der Waals surface area contributed by atoms with Gasteiger partial charge in [-0.2, -0.15) is 0 Å². The van der Waals surface area contributed by atoms with Crippen molar-refractivity contribution in [2.24, 2.45) is 7.05 Å². The molecule has 6 nitrogen and oxygen atoms in total. The average Bonchev–Trinajstić information content (AvgIpc) is 3.14. The van der Waals surface area contributed by atoms with E-state index in [0.717, 1.165) is 50.4 Å². The van der Waals surface area contributed by atoms with Gasteiger partial charge in [-0.3, -0.25) is 14.3 Å². The minimum Gasteiger partial charge on any atom is -0.490 e. The Morgan fingerprint density at radius 1 is 1.19 bits per heavy atom. The van der Waals surface area contributed by atoms with E-state index < -0.39 is 0 Å². The Kier molecular flexibility index (Phi) is 5.39. The highest BCUT2D eigenvalue weighted by atomic mass is 35.5. The topological polar surface area (TPSA) is 66.1 Å². The molecule has 0 bridgehead atoms. The van der Waals surface area contributed by atoms with Gasteiger partial charge in [0.25, 0.3) is 5.56 Å². The van der Waals surface area contributed by atoms with Gasteiger partial charge in [0.1, 0.15) is 5.75 Å². The van der Waals surface area contributed by atoms with Gasteiger partial charge in [-0.15, -0.1) is 11.3 Å². The van der Waals surface area contributed by atoms with Crippen molar-refractivity contribution in [2.75, 3.05) is 0 Å². The van der Waals surface area contributed by atoms with Gasteiger partial charge >= 0.3 is 5.69 Å². The number of fused-ring (bicyclic) bond motifs is 1. The van der Waals surface area contributed by atoms with Gasteiger partial charge in [0.05, 0.1) is 22.9 Å². The van der Waals surface area contributed by atoms with Crippen LogP contribution < -0.4 is 16.0 Å². The van der Waals surface area contributed by atoms with Crippen LogP contribution in [-0.4, -0.2) is 20.2 Å². The number of hydrogen-bond acceptors (Lipinski definition) is 5. The molecule has 0 unspecified atom stereocenters. The molecule has 0 spiro atoms. The summed E-state index contributed by atoms with van der Waals surface area (Å²) in [6.07, 6.45) is 6.82. The highest BCUT2D eigenvalue weighted by Gasteiger charge is 2.23. The standard InChI is InChI=1S/C24H22ClN3O3S/c1-14-10-15(25)11-19(22(14)31-16-4-3-5-16)18-6-8-26-20-12-17(32-23(18)20)13-28-21(29)7-9-27(2)24(28)30/h6-12,16H,3-5,13H2,1-2H3. The second-order valence-electron chi connectivity index (χ2n) is 8.19. The number of thiophene rings is 1. The first-order valence-electron chi connectivity index (χ1n) is 10.5. The van der Waals surface area contributed by atoms with E-state index in [0.29, 0.717) is 5.02 Å². The van der Waals surface area contributed by atoms with Crippen molar-refractivity contribution in [3.63, 3.8) is 0 Å². The van der Waals surface area contributed by atoms with E-state index in [9.17, 15) is 9.59 Å². The van der Waals surface area contributed by atoms with Crippen LogP contribution in [-0.2, 0) is 13.6 Å². The van der Waals surface area contributed by atoms with Crippen molar-refractivity contribution in [2.45, 2.75) is 38.8 Å². The molecule has 1 saturated carbocycles. The molecule has 164 valence electrons. The van der Waals surface area contributed by atoms with Crippen molar-refractivity contribution >= 4 is 33.2 Å². The van der Waals surface area contributed by atoms with Crippen LogP contribution in [0.15, 0.2) is 52.3 Å². The molecule has 1 aliphatic carbocycles. The molecule has 1 aromatic carbocycles. The number of nitrogens with zero attached hydrogens (tertiary/aromatic N) is 3. The molecular weight excluding hydrogens is 446 g/mol. The van der Waals surface area contributed by atoms with E-state index in [4.69, 9.17) is 16.3 Å². The zero-order chi connectivity index (χ0) is 22.4. The van der Waals surface area contributed by atoms with Gasteiger partial charge in [-0.05, 0) is 56.0 Å². The summed E-state index contributed by atoms with van der Waals surface area (Å²) in [4.78, 5) is 30.1. The highest BCUT2D eigenvalue weighted by Crippen LogP contribution is 2.42. The molecule has 0 N–H and O–H groups in total. The van der Waals surface area contributed by atoms with Crippen LogP contribution in [0.2, 0.25) is 5.02 Å². The Morgan fingerprint density at radius 3 is 2.75 bits per heavy atom. The van der Waals surface area contributed by atoms with E-state index >= 15 is 0 Å². The van der Waals surface area contributed by atoms with Gasteiger partial charge in [-0.25, -0.2) is 4.79 Å². The molecule has 4 aromatic rings. The van der Waals surface area contributed by atoms with Crippen molar-refractivity contribution in [3.8, 4) is 16.9 Å². The molecular formula is C24H22ClN3O3S. The minimum absolute atomic E-state index is 0.201. The summed E-state index contributed by atoms with van der Waals surface area (Å²) in [6.45, 7) is 2.21. The van der Waals surface area contributed by atoms with Crippen molar-refractivity contribution in [3.05, 3.63) is 79.0 Å². The molecule has 0 atom stereocenters. The number of ether oxygens (including phenoxy) is 1. The molecule has 1 aliphatic rings. The predicted molar refractivity (Wildman–Crippen MR) is 128 cm³/mol. The summed E-state index contributed by atoms with van der Waals surface area (Å²) in [5, 5.41) is 0.652.